The Morgan fingerprint density at radius 3 is 2.50 bits per heavy atom. The van der Waals surface area contributed by atoms with E-state index in [9.17, 15) is 0 Å². The molecule has 0 atom stereocenters. The van der Waals surface area contributed by atoms with Gasteiger partial charge < -0.3 is 15.2 Å². The topological polar surface area (TPSA) is 70.3 Å². The number of hydrogen-bond donors (Lipinski definition) is 1. The molecule has 1 aromatic carbocycles. The maximum atomic E-state index is 5.43. The Labute approximate surface area is 96.8 Å². The molecule has 0 aliphatic carbocycles. The summed E-state index contributed by atoms with van der Waals surface area (Å²) in [4.78, 5) is 0. The molecule has 6 heteroatoms. The van der Waals surface area contributed by atoms with E-state index < -0.39 is 0 Å². The van der Waals surface area contributed by atoms with Crippen LogP contribution in [0.5, 0.6) is 10.9 Å². The summed E-state index contributed by atoms with van der Waals surface area (Å²) in [5, 5.41) is 8.23. The van der Waals surface area contributed by atoms with Crippen molar-refractivity contribution in [2.24, 2.45) is 0 Å². The highest BCUT2D eigenvalue weighted by Gasteiger charge is 2.01. The van der Waals surface area contributed by atoms with Gasteiger partial charge in [-0.1, -0.05) is 23.3 Å². The molecule has 0 saturated heterocycles. The van der Waals surface area contributed by atoms with Crippen LogP contribution < -0.4 is 15.2 Å². The highest BCUT2D eigenvalue weighted by Crippen LogP contribution is 2.18. The first-order valence-corrected chi connectivity index (χ1v) is 5.56. The van der Waals surface area contributed by atoms with Crippen LogP contribution in [0, 0.1) is 0 Å². The van der Waals surface area contributed by atoms with Gasteiger partial charge in [0.05, 0.1) is 0 Å². The van der Waals surface area contributed by atoms with E-state index in [0.717, 1.165) is 5.75 Å². The SMILES string of the molecule is Nc1nnc(OCCOc2ccccc2)s1. The van der Waals surface area contributed by atoms with E-state index in [1.165, 1.54) is 11.3 Å². The van der Waals surface area contributed by atoms with Gasteiger partial charge in [-0.25, -0.2) is 0 Å². The molecule has 1 aromatic heterocycles. The van der Waals surface area contributed by atoms with Crippen molar-refractivity contribution in [1.29, 1.82) is 0 Å². The normalized spacial score (nSPS) is 10.0. The van der Waals surface area contributed by atoms with E-state index in [1.807, 2.05) is 30.3 Å². The highest BCUT2D eigenvalue weighted by molar-refractivity contribution is 7.16. The van der Waals surface area contributed by atoms with E-state index in [2.05, 4.69) is 10.2 Å². The first-order valence-electron chi connectivity index (χ1n) is 4.74. The fourth-order valence-electron chi connectivity index (χ4n) is 1.08. The van der Waals surface area contributed by atoms with Crippen LogP contribution in [-0.2, 0) is 0 Å². The van der Waals surface area contributed by atoms with E-state index in [0.29, 0.717) is 23.5 Å². The number of nitrogens with two attached hydrogens (primary N) is 1. The molecule has 0 aliphatic rings. The molecule has 84 valence electrons. The maximum absolute atomic E-state index is 5.43. The molecular formula is C10H11N3O2S. The highest BCUT2D eigenvalue weighted by atomic mass is 32.1. The molecule has 0 unspecified atom stereocenters. The summed E-state index contributed by atoms with van der Waals surface area (Å²) in [6.07, 6.45) is 0. The number of nitrogen functional groups attached to an aromatic ring is 1. The van der Waals surface area contributed by atoms with Gasteiger partial charge in [0.1, 0.15) is 19.0 Å². The predicted octanol–water partition coefficient (Wildman–Crippen LogP) is 1.58. The van der Waals surface area contributed by atoms with Crippen LogP contribution in [0.25, 0.3) is 0 Å². The van der Waals surface area contributed by atoms with Crippen LogP contribution in [0.2, 0.25) is 0 Å². The van der Waals surface area contributed by atoms with Gasteiger partial charge in [-0.2, -0.15) is 0 Å². The van der Waals surface area contributed by atoms with Crippen molar-refractivity contribution in [2.75, 3.05) is 18.9 Å². The van der Waals surface area contributed by atoms with Crippen LogP contribution in [-0.4, -0.2) is 23.4 Å². The summed E-state index contributed by atoms with van der Waals surface area (Å²) < 4.78 is 10.7. The minimum absolute atomic E-state index is 0.402. The molecule has 2 N–H and O–H groups in total. The van der Waals surface area contributed by atoms with Crippen molar-refractivity contribution in [3.63, 3.8) is 0 Å². The average Bonchev–Trinajstić information content (AvgIpc) is 2.72. The van der Waals surface area contributed by atoms with Crippen LogP contribution >= 0.6 is 11.3 Å². The molecule has 0 saturated carbocycles. The lowest BCUT2D eigenvalue weighted by Gasteiger charge is -2.05. The molecule has 1 heterocycles. The summed E-state index contributed by atoms with van der Waals surface area (Å²) in [6, 6.07) is 9.56. The fraction of sp³-hybridized carbons (Fsp3) is 0.200. The number of para-hydroxylation sites is 1. The van der Waals surface area contributed by atoms with Gasteiger partial charge in [0.2, 0.25) is 5.13 Å². The van der Waals surface area contributed by atoms with Crippen molar-refractivity contribution >= 4 is 16.5 Å². The van der Waals surface area contributed by atoms with Crippen LogP contribution in [0.4, 0.5) is 5.13 Å². The van der Waals surface area contributed by atoms with Crippen molar-refractivity contribution in [3.8, 4) is 10.9 Å². The number of aromatic nitrogens is 2. The van der Waals surface area contributed by atoms with Gasteiger partial charge in [0.15, 0.2) is 0 Å². The van der Waals surface area contributed by atoms with Crippen LogP contribution in [0.1, 0.15) is 0 Å². The number of nitrogens with zero attached hydrogens (tertiary/aromatic N) is 2. The smallest absolute Gasteiger partial charge is 0.295 e. The Balaban J connectivity index is 1.69. The van der Waals surface area contributed by atoms with Gasteiger partial charge >= 0.3 is 0 Å². The summed E-state index contributed by atoms with van der Waals surface area (Å²) in [6.45, 7) is 0.882. The van der Waals surface area contributed by atoms with Crippen LogP contribution in [0.15, 0.2) is 30.3 Å². The zero-order valence-corrected chi connectivity index (χ0v) is 9.31. The molecule has 16 heavy (non-hydrogen) atoms. The Hall–Kier alpha value is -1.82. The average molecular weight is 237 g/mol. The molecule has 5 nitrogen and oxygen atoms in total. The van der Waals surface area contributed by atoms with Crippen molar-refractivity contribution in [3.05, 3.63) is 30.3 Å². The quantitative estimate of drug-likeness (QED) is 0.799. The summed E-state index contributed by atoms with van der Waals surface area (Å²) >= 11 is 1.21. The lowest BCUT2D eigenvalue weighted by molar-refractivity contribution is 0.215. The van der Waals surface area contributed by atoms with E-state index in [-0.39, 0.29) is 0 Å². The lowest BCUT2D eigenvalue weighted by Crippen LogP contribution is -2.08. The van der Waals surface area contributed by atoms with Crippen molar-refractivity contribution < 1.29 is 9.47 Å². The molecular weight excluding hydrogens is 226 g/mol. The number of anilines is 1. The van der Waals surface area contributed by atoms with Crippen LogP contribution in [0.3, 0.4) is 0 Å². The standard InChI is InChI=1S/C10H11N3O2S/c11-9-12-13-10(16-9)15-7-6-14-8-4-2-1-3-5-8/h1-5H,6-7H2,(H2,11,12). The lowest BCUT2D eigenvalue weighted by atomic mass is 10.3. The monoisotopic (exact) mass is 237 g/mol. The zero-order valence-electron chi connectivity index (χ0n) is 8.50. The zero-order chi connectivity index (χ0) is 11.2. The second-order valence-corrected chi connectivity index (χ2v) is 3.89. The predicted molar refractivity (Wildman–Crippen MR) is 61.8 cm³/mol. The first-order chi connectivity index (χ1) is 7.84. The fourth-order valence-corrected chi connectivity index (χ4v) is 1.57. The maximum Gasteiger partial charge on any atom is 0.295 e. The number of ether oxygens (including phenoxy) is 2. The Morgan fingerprint density at radius 2 is 1.81 bits per heavy atom. The molecule has 2 rings (SSSR count). The Bertz CT molecular complexity index is 433. The third kappa shape index (κ3) is 3.09. The molecule has 0 amide bonds. The van der Waals surface area contributed by atoms with Crippen molar-refractivity contribution in [2.45, 2.75) is 0 Å². The Kier molecular flexibility index (Phi) is 3.55. The third-order valence-electron chi connectivity index (χ3n) is 1.74. The minimum Gasteiger partial charge on any atom is -0.490 e. The Morgan fingerprint density at radius 1 is 1.06 bits per heavy atom. The van der Waals surface area contributed by atoms with Gasteiger partial charge in [-0.15, -0.1) is 5.10 Å². The largest absolute Gasteiger partial charge is 0.490 e. The molecule has 0 fully saturated rings. The summed E-state index contributed by atoms with van der Waals surface area (Å²) in [5.74, 6) is 0.822. The summed E-state index contributed by atoms with van der Waals surface area (Å²) in [5.41, 5.74) is 5.41. The van der Waals surface area contributed by atoms with E-state index >= 15 is 0 Å². The van der Waals surface area contributed by atoms with E-state index in [4.69, 9.17) is 15.2 Å². The summed E-state index contributed by atoms with van der Waals surface area (Å²) in [7, 11) is 0. The van der Waals surface area contributed by atoms with Gasteiger partial charge in [0.25, 0.3) is 5.19 Å². The molecule has 0 radical (unpaired) electrons. The second kappa shape index (κ2) is 5.32. The third-order valence-corrected chi connectivity index (χ3v) is 2.41. The number of hydrogen-bond acceptors (Lipinski definition) is 6. The van der Waals surface area contributed by atoms with Gasteiger partial charge in [-0.05, 0) is 23.5 Å². The number of benzene rings is 1. The minimum atomic E-state index is 0.402. The van der Waals surface area contributed by atoms with E-state index in [1.54, 1.807) is 0 Å². The first kappa shape index (κ1) is 10.7. The number of rotatable bonds is 5. The second-order valence-electron chi connectivity index (χ2n) is 2.92. The molecule has 0 spiro atoms. The molecule has 0 bridgehead atoms. The molecule has 2 aromatic rings. The van der Waals surface area contributed by atoms with Gasteiger partial charge in [0, 0.05) is 0 Å². The van der Waals surface area contributed by atoms with Crippen molar-refractivity contribution in [1.82, 2.24) is 10.2 Å². The van der Waals surface area contributed by atoms with Gasteiger partial charge in [-0.3, -0.25) is 0 Å². The molecule has 0 aliphatic heterocycles.